The molecule has 0 aliphatic carbocycles. The molecule has 7 nitrogen and oxygen atoms in total. The summed E-state index contributed by atoms with van der Waals surface area (Å²) >= 11 is 0. The van der Waals surface area contributed by atoms with E-state index < -0.39 is 11.6 Å². The normalized spacial score (nSPS) is 19.1. The molecule has 2 heterocycles. The van der Waals surface area contributed by atoms with Crippen LogP contribution in [0.5, 0.6) is 0 Å². The fraction of sp³-hybridized carbons (Fsp3) is 0.273. The van der Waals surface area contributed by atoms with E-state index in [-0.39, 0.29) is 18.3 Å². The van der Waals surface area contributed by atoms with Crippen molar-refractivity contribution in [2.24, 2.45) is 0 Å². The topological polar surface area (TPSA) is 88.3 Å². The summed E-state index contributed by atoms with van der Waals surface area (Å²) in [4.78, 5) is 31.0. The molecule has 148 valence electrons. The van der Waals surface area contributed by atoms with E-state index in [4.69, 9.17) is 4.52 Å². The number of nitrogens with zero attached hydrogens (tertiary/aromatic N) is 3. The van der Waals surface area contributed by atoms with Crippen LogP contribution in [0.4, 0.5) is 4.79 Å². The van der Waals surface area contributed by atoms with Crippen LogP contribution in [-0.2, 0) is 16.9 Å². The molecule has 0 unspecified atom stereocenters. The number of hydrogen-bond acceptors (Lipinski definition) is 5. The Bertz CT molecular complexity index is 1040. The Hall–Kier alpha value is -3.48. The summed E-state index contributed by atoms with van der Waals surface area (Å²) in [7, 11) is 0. The first-order chi connectivity index (χ1) is 13.9. The van der Waals surface area contributed by atoms with Gasteiger partial charge in [0.1, 0.15) is 12.1 Å². The van der Waals surface area contributed by atoms with Gasteiger partial charge in [0, 0.05) is 5.56 Å². The van der Waals surface area contributed by atoms with Gasteiger partial charge in [-0.15, -0.1) is 0 Å². The minimum atomic E-state index is -1.13. The molecular formula is C22H22N4O3. The quantitative estimate of drug-likeness (QED) is 0.669. The molecule has 2 aromatic carbocycles. The van der Waals surface area contributed by atoms with E-state index in [2.05, 4.69) is 29.3 Å². The lowest BCUT2D eigenvalue weighted by atomic mass is 9.90. The van der Waals surface area contributed by atoms with Crippen molar-refractivity contribution in [1.82, 2.24) is 20.4 Å². The van der Waals surface area contributed by atoms with E-state index in [0.717, 1.165) is 16.0 Å². The van der Waals surface area contributed by atoms with Crippen LogP contribution in [0.3, 0.4) is 0 Å². The van der Waals surface area contributed by atoms with Crippen molar-refractivity contribution in [3.8, 4) is 11.4 Å². The van der Waals surface area contributed by atoms with E-state index in [1.165, 1.54) is 5.56 Å². The standard InChI is InChI=1S/C22H22N4O3/c1-14(2)15-9-11-17(12-10-15)22(3)20(27)26(21(28)24-22)13-18-23-19(25-29-18)16-7-5-4-6-8-16/h4-12,14H,13H2,1-3H3,(H,24,28)/t22-/m0/s1. The molecule has 1 saturated heterocycles. The third-order valence-corrected chi connectivity index (χ3v) is 5.22. The Morgan fingerprint density at radius 2 is 1.76 bits per heavy atom. The fourth-order valence-corrected chi connectivity index (χ4v) is 3.40. The predicted molar refractivity (Wildman–Crippen MR) is 107 cm³/mol. The van der Waals surface area contributed by atoms with Crippen LogP contribution < -0.4 is 5.32 Å². The largest absolute Gasteiger partial charge is 0.337 e. The Morgan fingerprint density at radius 3 is 2.41 bits per heavy atom. The number of aromatic nitrogens is 2. The van der Waals surface area contributed by atoms with Crippen LogP contribution >= 0.6 is 0 Å². The van der Waals surface area contributed by atoms with Crippen LogP contribution in [-0.4, -0.2) is 27.0 Å². The highest BCUT2D eigenvalue weighted by Gasteiger charge is 2.49. The molecule has 1 aliphatic rings. The zero-order chi connectivity index (χ0) is 20.6. The van der Waals surface area contributed by atoms with Gasteiger partial charge in [0.2, 0.25) is 11.7 Å². The summed E-state index contributed by atoms with van der Waals surface area (Å²) in [6.07, 6.45) is 0. The number of hydrogen-bond donors (Lipinski definition) is 1. The molecule has 1 N–H and O–H groups in total. The van der Waals surface area contributed by atoms with Crippen molar-refractivity contribution in [2.45, 2.75) is 38.8 Å². The zero-order valence-electron chi connectivity index (χ0n) is 16.5. The second-order valence-electron chi connectivity index (χ2n) is 7.60. The molecule has 3 aromatic rings. The number of carbonyl (C=O) groups excluding carboxylic acids is 2. The van der Waals surface area contributed by atoms with Gasteiger partial charge in [-0.25, -0.2) is 4.79 Å². The maximum atomic E-state index is 13.1. The summed E-state index contributed by atoms with van der Waals surface area (Å²) in [5, 5.41) is 6.74. The molecule has 0 radical (unpaired) electrons. The number of amides is 3. The number of benzene rings is 2. The van der Waals surface area contributed by atoms with Crippen LogP contribution in [0.2, 0.25) is 0 Å². The van der Waals surface area contributed by atoms with Gasteiger partial charge in [0.05, 0.1) is 0 Å². The van der Waals surface area contributed by atoms with E-state index >= 15 is 0 Å². The van der Waals surface area contributed by atoms with Crippen molar-refractivity contribution in [3.05, 3.63) is 71.6 Å². The first kappa shape index (κ1) is 18.9. The Kier molecular flexibility index (Phi) is 4.66. The average molecular weight is 390 g/mol. The maximum Gasteiger partial charge on any atom is 0.325 e. The van der Waals surface area contributed by atoms with E-state index in [1.54, 1.807) is 6.92 Å². The van der Waals surface area contributed by atoms with Gasteiger partial charge < -0.3 is 9.84 Å². The maximum absolute atomic E-state index is 13.1. The first-order valence-electron chi connectivity index (χ1n) is 9.51. The molecule has 1 aliphatic heterocycles. The molecule has 0 saturated carbocycles. The number of rotatable bonds is 5. The summed E-state index contributed by atoms with van der Waals surface area (Å²) in [5.41, 5.74) is 1.58. The van der Waals surface area contributed by atoms with E-state index in [0.29, 0.717) is 11.7 Å². The van der Waals surface area contributed by atoms with Gasteiger partial charge in [0.15, 0.2) is 0 Å². The van der Waals surface area contributed by atoms with Crippen LogP contribution in [0.15, 0.2) is 59.1 Å². The number of urea groups is 1. The minimum absolute atomic E-state index is 0.0792. The van der Waals surface area contributed by atoms with Gasteiger partial charge >= 0.3 is 6.03 Å². The molecule has 7 heteroatoms. The van der Waals surface area contributed by atoms with Crippen LogP contribution in [0, 0.1) is 0 Å². The summed E-state index contributed by atoms with van der Waals surface area (Å²) in [6, 6.07) is 16.6. The lowest BCUT2D eigenvalue weighted by Gasteiger charge is -2.22. The SMILES string of the molecule is CC(C)c1ccc([C@]2(C)NC(=O)N(Cc3nc(-c4ccccc4)no3)C2=O)cc1. The molecule has 0 bridgehead atoms. The fourth-order valence-electron chi connectivity index (χ4n) is 3.40. The van der Waals surface area contributed by atoms with Crippen molar-refractivity contribution in [2.75, 3.05) is 0 Å². The van der Waals surface area contributed by atoms with Gasteiger partial charge in [0.25, 0.3) is 5.91 Å². The van der Waals surface area contributed by atoms with E-state index in [9.17, 15) is 9.59 Å². The summed E-state index contributed by atoms with van der Waals surface area (Å²) < 4.78 is 5.26. The molecule has 3 amide bonds. The zero-order valence-corrected chi connectivity index (χ0v) is 16.5. The van der Waals surface area contributed by atoms with Gasteiger partial charge in [-0.2, -0.15) is 4.98 Å². The predicted octanol–water partition coefficient (Wildman–Crippen LogP) is 3.83. The van der Waals surface area contributed by atoms with Gasteiger partial charge in [-0.1, -0.05) is 73.6 Å². The highest BCUT2D eigenvalue weighted by Crippen LogP contribution is 2.31. The second-order valence-corrected chi connectivity index (χ2v) is 7.60. The van der Waals surface area contributed by atoms with Crippen molar-refractivity contribution < 1.29 is 14.1 Å². The smallest absolute Gasteiger partial charge is 0.325 e. The Labute approximate surface area is 168 Å². The Balaban J connectivity index is 1.55. The lowest BCUT2D eigenvalue weighted by Crippen LogP contribution is -2.40. The second kappa shape index (κ2) is 7.16. The number of nitrogens with one attached hydrogen (secondary N) is 1. The summed E-state index contributed by atoms with van der Waals surface area (Å²) in [6.45, 7) is 5.84. The van der Waals surface area contributed by atoms with Crippen molar-refractivity contribution in [3.63, 3.8) is 0 Å². The third-order valence-electron chi connectivity index (χ3n) is 5.22. The van der Waals surface area contributed by atoms with Crippen LogP contribution in [0.1, 0.15) is 43.7 Å². The number of imide groups is 1. The first-order valence-corrected chi connectivity index (χ1v) is 9.51. The molecule has 4 rings (SSSR count). The molecule has 0 spiro atoms. The molecule has 1 fully saturated rings. The monoisotopic (exact) mass is 390 g/mol. The lowest BCUT2D eigenvalue weighted by molar-refractivity contribution is -0.131. The van der Waals surface area contributed by atoms with Gasteiger partial charge in [-0.05, 0) is 24.0 Å². The Morgan fingerprint density at radius 1 is 1.07 bits per heavy atom. The summed E-state index contributed by atoms with van der Waals surface area (Å²) in [5.74, 6) is 0.657. The number of carbonyl (C=O) groups is 2. The molecule has 29 heavy (non-hydrogen) atoms. The molecule has 1 atom stereocenters. The molecule has 1 aromatic heterocycles. The molecular weight excluding hydrogens is 368 g/mol. The minimum Gasteiger partial charge on any atom is -0.337 e. The highest BCUT2D eigenvalue weighted by molar-refractivity contribution is 6.07. The third kappa shape index (κ3) is 3.40. The average Bonchev–Trinajstić information content (AvgIpc) is 3.28. The van der Waals surface area contributed by atoms with Crippen molar-refractivity contribution in [1.29, 1.82) is 0 Å². The van der Waals surface area contributed by atoms with Gasteiger partial charge in [-0.3, -0.25) is 9.69 Å². The van der Waals surface area contributed by atoms with Crippen molar-refractivity contribution >= 4 is 11.9 Å². The van der Waals surface area contributed by atoms with E-state index in [1.807, 2.05) is 54.6 Å². The van der Waals surface area contributed by atoms with Crippen LogP contribution in [0.25, 0.3) is 11.4 Å². The highest BCUT2D eigenvalue weighted by atomic mass is 16.5.